The Balaban J connectivity index is 1.33. The summed E-state index contributed by atoms with van der Waals surface area (Å²) in [6, 6.07) is 7.61. The molecule has 7 heteroatoms. The molecule has 3 fully saturated rings. The average molecular weight is 419 g/mol. The minimum atomic E-state index is 0.500. The number of likely N-dealkylation sites (N-methyl/N-ethyl adjacent to an activating group) is 1. The van der Waals surface area contributed by atoms with Gasteiger partial charge in [0.25, 0.3) is 0 Å². The quantitative estimate of drug-likeness (QED) is 0.568. The molecule has 0 atom stereocenters. The van der Waals surface area contributed by atoms with Gasteiger partial charge in [-0.3, -0.25) is 4.99 Å². The third-order valence-electron chi connectivity index (χ3n) is 6.53. The molecular formula is C22H35ClN6. The molecule has 0 spiro atoms. The van der Waals surface area contributed by atoms with Gasteiger partial charge in [-0.2, -0.15) is 0 Å². The molecule has 2 saturated heterocycles. The van der Waals surface area contributed by atoms with Crippen molar-refractivity contribution in [2.45, 2.75) is 44.3 Å². The lowest BCUT2D eigenvalue weighted by Gasteiger charge is -2.35. The molecule has 29 heavy (non-hydrogen) atoms. The summed E-state index contributed by atoms with van der Waals surface area (Å²) in [5.41, 5.74) is 2.40. The fourth-order valence-electron chi connectivity index (χ4n) is 4.47. The number of piperidine rings is 1. The molecule has 160 valence electrons. The minimum Gasteiger partial charge on any atom is -0.369 e. The maximum Gasteiger partial charge on any atom is 0.191 e. The van der Waals surface area contributed by atoms with Gasteiger partial charge in [0.2, 0.25) is 0 Å². The summed E-state index contributed by atoms with van der Waals surface area (Å²) in [7, 11) is 4.03. The first kappa shape index (κ1) is 20.8. The van der Waals surface area contributed by atoms with E-state index < -0.39 is 0 Å². The molecule has 0 radical (unpaired) electrons. The summed E-state index contributed by atoms with van der Waals surface area (Å²) in [6.07, 6.45) is 5.18. The zero-order chi connectivity index (χ0) is 20.2. The standard InChI is InChI=1S/C22H35ClN6/c1-24-22(26-17-8-10-28(11-9-17)18-6-7-18)25-16-19-20(23)4-3-5-21(19)29-14-12-27(2)13-15-29/h3-5,17-18H,6-16H2,1-2H3,(H2,24,25,26). The number of hydrogen-bond donors (Lipinski definition) is 2. The van der Waals surface area contributed by atoms with Crippen LogP contribution in [0.15, 0.2) is 23.2 Å². The van der Waals surface area contributed by atoms with Gasteiger partial charge in [-0.1, -0.05) is 17.7 Å². The van der Waals surface area contributed by atoms with E-state index in [4.69, 9.17) is 11.6 Å². The molecule has 1 aromatic rings. The highest BCUT2D eigenvalue weighted by molar-refractivity contribution is 6.31. The number of piperazine rings is 1. The van der Waals surface area contributed by atoms with E-state index in [1.54, 1.807) is 0 Å². The van der Waals surface area contributed by atoms with Crippen LogP contribution in [0.3, 0.4) is 0 Å². The topological polar surface area (TPSA) is 46.1 Å². The van der Waals surface area contributed by atoms with Crippen LogP contribution < -0.4 is 15.5 Å². The molecule has 0 amide bonds. The van der Waals surface area contributed by atoms with E-state index in [2.05, 4.69) is 49.5 Å². The van der Waals surface area contributed by atoms with Crippen LogP contribution in [0.25, 0.3) is 0 Å². The van der Waals surface area contributed by atoms with Crippen molar-refractivity contribution in [2.24, 2.45) is 4.99 Å². The van der Waals surface area contributed by atoms with Crippen molar-refractivity contribution in [3.8, 4) is 0 Å². The summed E-state index contributed by atoms with van der Waals surface area (Å²) in [5.74, 6) is 0.874. The molecular weight excluding hydrogens is 384 g/mol. The molecule has 3 aliphatic rings. The Hall–Kier alpha value is -1.50. The van der Waals surface area contributed by atoms with Gasteiger partial charge >= 0.3 is 0 Å². The third-order valence-corrected chi connectivity index (χ3v) is 6.88. The van der Waals surface area contributed by atoms with Crippen molar-refractivity contribution in [1.29, 1.82) is 0 Å². The monoisotopic (exact) mass is 418 g/mol. The second kappa shape index (κ2) is 9.54. The number of hydrogen-bond acceptors (Lipinski definition) is 4. The summed E-state index contributed by atoms with van der Waals surface area (Å²) in [6.45, 7) is 7.34. The van der Waals surface area contributed by atoms with Crippen LogP contribution in [-0.4, -0.2) is 81.2 Å². The third kappa shape index (κ3) is 5.36. The van der Waals surface area contributed by atoms with Crippen molar-refractivity contribution in [1.82, 2.24) is 20.4 Å². The lowest BCUT2D eigenvalue weighted by molar-refractivity contribution is 0.197. The van der Waals surface area contributed by atoms with E-state index >= 15 is 0 Å². The zero-order valence-electron chi connectivity index (χ0n) is 17.8. The second-order valence-corrected chi connectivity index (χ2v) is 9.05. The predicted molar refractivity (Wildman–Crippen MR) is 122 cm³/mol. The van der Waals surface area contributed by atoms with Crippen molar-refractivity contribution < 1.29 is 0 Å². The molecule has 0 unspecified atom stereocenters. The highest BCUT2D eigenvalue weighted by Crippen LogP contribution is 2.30. The first-order valence-electron chi connectivity index (χ1n) is 11.1. The van der Waals surface area contributed by atoms with Crippen LogP contribution in [0.2, 0.25) is 5.02 Å². The van der Waals surface area contributed by atoms with Crippen LogP contribution in [0.1, 0.15) is 31.2 Å². The van der Waals surface area contributed by atoms with Crippen molar-refractivity contribution >= 4 is 23.2 Å². The lowest BCUT2D eigenvalue weighted by Crippen LogP contribution is -2.49. The number of nitrogens with zero attached hydrogens (tertiary/aromatic N) is 4. The van der Waals surface area contributed by atoms with E-state index in [0.29, 0.717) is 12.6 Å². The Morgan fingerprint density at radius 2 is 1.79 bits per heavy atom. The lowest BCUT2D eigenvalue weighted by atomic mass is 10.1. The number of likely N-dealkylation sites (tertiary alicyclic amines) is 1. The van der Waals surface area contributed by atoms with Crippen molar-refractivity contribution in [3.05, 3.63) is 28.8 Å². The van der Waals surface area contributed by atoms with Gasteiger partial charge in [-0.15, -0.1) is 0 Å². The Morgan fingerprint density at radius 3 is 2.45 bits per heavy atom. The molecule has 1 aliphatic carbocycles. The Bertz CT molecular complexity index is 703. The normalized spacial score (nSPS) is 22.7. The molecule has 2 N–H and O–H groups in total. The first-order chi connectivity index (χ1) is 14.1. The molecule has 1 aromatic carbocycles. The zero-order valence-corrected chi connectivity index (χ0v) is 18.6. The van der Waals surface area contributed by atoms with Gasteiger partial charge in [0, 0.05) is 81.2 Å². The Labute approximate surface area is 180 Å². The summed E-state index contributed by atoms with van der Waals surface area (Å²) in [4.78, 5) is 11.9. The number of benzene rings is 1. The largest absolute Gasteiger partial charge is 0.369 e. The van der Waals surface area contributed by atoms with E-state index in [-0.39, 0.29) is 0 Å². The van der Waals surface area contributed by atoms with Crippen LogP contribution in [0.5, 0.6) is 0 Å². The van der Waals surface area contributed by atoms with Crippen LogP contribution >= 0.6 is 11.6 Å². The molecule has 2 aliphatic heterocycles. The van der Waals surface area contributed by atoms with E-state index in [0.717, 1.165) is 48.8 Å². The van der Waals surface area contributed by atoms with Gasteiger partial charge in [0.15, 0.2) is 5.96 Å². The van der Waals surface area contributed by atoms with Crippen molar-refractivity contribution in [2.75, 3.05) is 58.3 Å². The fraction of sp³-hybridized carbons (Fsp3) is 0.682. The van der Waals surface area contributed by atoms with E-state index in [9.17, 15) is 0 Å². The van der Waals surface area contributed by atoms with Crippen molar-refractivity contribution in [3.63, 3.8) is 0 Å². The number of halogens is 1. The summed E-state index contributed by atoms with van der Waals surface area (Å²) in [5, 5.41) is 7.96. The van der Waals surface area contributed by atoms with Gasteiger partial charge in [-0.05, 0) is 44.9 Å². The fourth-order valence-corrected chi connectivity index (χ4v) is 4.71. The van der Waals surface area contributed by atoms with Crippen LogP contribution in [-0.2, 0) is 6.54 Å². The molecule has 2 heterocycles. The molecule has 4 rings (SSSR count). The van der Waals surface area contributed by atoms with Gasteiger partial charge < -0.3 is 25.3 Å². The van der Waals surface area contributed by atoms with E-state index in [1.807, 2.05) is 13.1 Å². The average Bonchev–Trinajstić information content (AvgIpc) is 3.58. The molecule has 0 bridgehead atoms. The Kier molecular flexibility index (Phi) is 6.83. The maximum absolute atomic E-state index is 6.60. The van der Waals surface area contributed by atoms with Crippen LogP contribution in [0.4, 0.5) is 5.69 Å². The number of nitrogens with one attached hydrogen (secondary N) is 2. The minimum absolute atomic E-state index is 0.500. The van der Waals surface area contributed by atoms with Crippen LogP contribution in [0, 0.1) is 0 Å². The van der Waals surface area contributed by atoms with Gasteiger partial charge in [-0.25, -0.2) is 0 Å². The Morgan fingerprint density at radius 1 is 1.07 bits per heavy atom. The first-order valence-corrected chi connectivity index (χ1v) is 11.4. The molecule has 1 saturated carbocycles. The maximum atomic E-state index is 6.60. The molecule has 0 aromatic heterocycles. The number of anilines is 1. The SMILES string of the molecule is CN=C(NCc1c(Cl)cccc1N1CCN(C)CC1)NC1CCN(C2CC2)CC1. The second-order valence-electron chi connectivity index (χ2n) is 8.64. The summed E-state index contributed by atoms with van der Waals surface area (Å²) >= 11 is 6.60. The number of rotatable bonds is 5. The van der Waals surface area contributed by atoms with Gasteiger partial charge in [0.05, 0.1) is 0 Å². The summed E-state index contributed by atoms with van der Waals surface area (Å²) < 4.78 is 0. The number of aliphatic imine (C=N–C) groups is 1. The van der Waals surface area contributed by atoms with Gasteiger partial charge in [0.1, 0.15) is 0 Å². The smallest absolute Gasteiger partial charge is 0.191 e. The highest BCUT2D eigenvalue weighted by Gasteiger charge is 2.32. The number of guanidine groups is 1. The molecule has 6 nitrogen and oxygen atoms in total. The van der Waals surface area contributed by atoms with E-state index in [1.165, 1.54) is 44.5 Å². The highest BCUT2D eigenvalue weighted by atomic mass is 35.5. The predicted octanol–water partition coefficient (Wildman–Crippen LogP) is 2.38.